The zero-order valence-corrected chi connectivity index (χ0v) is 12.6. The van der Waals surface area contributed by atoms with E-state index in [-0.39, 0.29) is 23.8 Å². The van der Waals surface area contributed by atoms with Gasteiger partial charge in [-0.2, -0.15) is 9.78 Å². The first-order valence-electron chi connectivity index (χ1n) is 6.81. The molecule has 2 aromatic heterocycles. The van der Waals surface area contributed by atoms with Crippen LogP contribution in [0.3, 0.4) is 0 Å². The van der Waals surface area contributed by atoms with Crippen molar-refractivity contribution >= 4 is 5.97 Å². The third-order valence-corrected chi connectivity index (χ3v) is 3.08. The molecule has 112 valence electrons. The van der Waals surface area contributed by atoms with Gasteiger partial charge in [0.25, 0.3) is 5.56 Å². The maximum absolute atomic E-state index is 12.0. The first-order chi connectivity index (χ1) is 9.97. The van der Waals surface area contributed by atoms with E-state index in [0.29, 0.717) is 23.4 Å². The van der Waals surface area contributed by atoms with Crippen LogP contribution in [0.25, 0.3) is 5.95 Å². The molecule has 2 aromatic rings. The largest absolute Gasteiger partial charge is 0.461 e. The molecular weight excluding hydrogens is 272 g/mol. The van der Waals surface area contributed by atoms with E-state index in [2.05, 4.69) is 15.1 Å². The Morgan fingerprint density at radius 1 is 1.38 bits per heavy atom. The molecule has 0 saturated carbocycles. The van der Waals surface area contributed by atoms with Crippen LogP contribution < -0.4 is 5.56 Å². The number of aromatic nitrogens is 4. The van der Waals surface area contributed by atoms with Crippen molar-refractivity contribution in [1.29, 1.82) is 0 Å². The number of ether oxygens (including phenoxy) is 1. The molecule has 7 heteroatoms. The number of aromatic amines is 1. The summed E-state index contributed by atoms with van der Waals surface area (Å²) in [5.74, 6) is -0.288. The van der Waals surface area contributed by atoms with Crippen molar-refractivity contribution in [1.82, 2.24) is 19.7 Å². The lowest BCUT2D eigenvalue weighted by Crippen LogP contribution is -2.22. The molecule has 0 atom stereocenters. The van der Waals surface area contributed by atoms with Gasteiger partial charge in [-0.25, -0.2) is 9.78 Å². The van der Waals surface area contributed by atoms with Crippen molar-refractivity contribution in [3.8, 4) is 5.95 Å². The minimum absolute atomic E-state index is 0.214. The van der Waals surface area contributed by atoms with Gasteiger partial charge in [-0.15, -0.1) is 0 Å². The molecule has 0 aromatic carbocycles. The van der Waals surface area contributed by atoms with Gasteiger partial charge in [-0.3, -0.25) is 9.78 Å². The van der Waals surface area contributed by atoms with Gasteiger partial charge >= 0.3 is 5.97 Å². The molecule has 0 fully saturated rings. The Bertz CT molecular complexity index is 730. The summed E-state index contributed by atoms with van der Waals surface area (Å²) < 4.78 is 6.30. The summed E-state index contributed by atoms with van der Waals surface area (Å²) >= 11 is 0. The van der Waals surface area contributed by atoms with Crippen molar-refractivity contribution in [2.75, 3.05) is 6.61 Å². The standard InChI is InChI=1S/C14H18N4O3/c1-5-10-9(4)15-14(16-12(10)19)18-11(7-8(3)17-18)13(20)21-6-2/h7H,5-6H2,1-4H3,(H,15,16,19). The topological polar surface area (TPSA) is 89.9 Å². The number of carbonyl (C=O) groups excluding carboxylic acids is 1. The highest BCUT2D eigenvalue weighted by Crippen LogP contribution is 2.11. The SMILES string of the molecule is CCOC(=O)c1cc(C)nn1-c1nc(C)c(CC)c(=O)[nH]1. The van der Waals surface area contributed by atoms with E-state index in [0.717, 1.165) is 0 Å². The number of H-pyrrole nitrogens is 1. The fourth-order valence-corrected chi connectivity index (χ4v) is 2.12. The molecule has 0 unspecified atom stereocenters. The maximum atomic E-state index is 12.0. The van der Waals surface area contributed by atoms with Crippen LogP contribution in [0.1, 0.15) is 41.3 Å². The molecule has 0 bridgehead atoms. The summed E-state index contributed by atoms with van der Waals surface area (Å²) in [6, 6.07) is 1.60. The van der Waals surface area contributed by atoms with Crippen molar-refractivity contribution in [3.63, 3.8) is 0 Å². The number of hydrogen-bond donors (Lipinski definition) is 1. The zero-order valence-electron chi connectivity index (χ0n) is 12.6. The third kappa shape index (κ3) is 2.86. The highest BCUT2D eigenvalue weighted by Gasteiger charge is 2.18. The molecule has 2 heterocycles. The van der Waals surface area contributed by atoms with E-state index in [1.807, 2.05) is 6.92 Å². The molecule has 7 nitrogen and oxygen atoms in total. The summed E-state index contributed by atoms with van der Waals surface area (Å²) in [4.78, 5) is 31.0. The summed E-state index contributed by atoms with van der Waals surface area (Å²) in [7, 11) is 0. The highest BCUT2D eigenvalue weighted by molar-refractivity contribution is 5.88. The maximum Gasteiger partial charge on any atom is 0.357 e. The quantitative estimate of drug-likeness (QED) is 0.857. The summed E-state index contributed by atoms with van der Waals surface area (Å²) in [6.45, 7) is 7.40. The minimum atomic E-state index is -0.502. The number of rotatable bonds is 4. The van der Waals surface area contributed by atoms with Crippen LogP contribution in [0, 0.1) is 13.8 Å². The van der Waals surface area contributed by atoms with E-state index in [1.54, 1.807) is 26.8 Å². The number of carbonyl (C=O) groups is 1. The number of nitrogens with zero attached hydrogens (tertiary/aromatic N) is 3. The van der Waals surface area contributed by atoms with E-state index in [9.17, 15) is 9.59 Å². The van der Waals surface area contributed by atoms with Crippen LogP contribution in [0.4, 0.5) is 0 Å². The van der Waals surface area contributed by atoms with Crippen LogP contribution in [0.15, 0.2) is 10.9 Å². The third-order valence-electron chi connectivity index (χ3n) is 3.08. The number of nitrogens with one attached hydrogen (secondary N) is 1. The Labute approximate surface area is 122 Å². The molecule has 0 amide bonds. The Morgan fingerprint density at radius 3 is 2.67 bits per heavy atom. The van der Waals surface area contributed by atoms with Gasteiger partial charge in [0.05, 0.1) is 12.3 Å². The first kappa shape index (κ1) is 15.0. The monoisotopic (exact) mass is 290 g/mol. The molecule has 2 rings (SSSR count). The van der Waals surface area contributed by atoms with Crippen LogP contribution in [0.2, 0.25) is 0 Å². The normalized spacial score (nSPS) is 10.7. The highest BCUT2D eigenvalue weighted by atomic mass is 16.5. The molecule has 0 saturated heterocycles. The molecule has 0 spiro atoms. The molecule has 0 aliphatic heterocycles. The summed E-state index contributed by atoms with van der Waals surface area (Å²) in [6.07, 6.45) is 0.595. The Kier molecular flexibility index (Phi) is 4.21. The molecule has 0 aliphatic carbocycles. The smallest absolute Gasteiger partial charge is 0.357 e. The fourth-order valence-electron chi connectivity index (χ4n) is 2.12. The molecule has 0 radical (unpaired) electrons. The van der Waals surface area contributed by atoms with Gasteiger partial charge in [-0.05, 0) is 33.3 Å². The minimum Gasteiger partial charge on any atom is -0.461 e. The number of hydrogen-bond acceptors (Lipinski definition) is 5. The van der Waals surface area contributed by atoms with Crippen LogP contribution >= 0.6 is 0 Å². The van der Waals surface area contributed by atoms with Crippen LogP contribution in [0.5, 0.6) is 0 Å². The van der Waals surface area contributed by atoms with E-state index < -0.39 is 5.97 Å². The van der Waals surface area contributed by atoms with Gasteiger partial charge in [0.15, 0.2) is 5.69 Å². The lowest BCUT2D eigenvalue weighted by atomic mass is 10.2. The second kappa shape index (κ2) is 5.90. The van der Waals surface area contributed by atoms with Crippen LogP contribution in [-0.2, 0) is 11.2 Å². The average molecular weight is 290 g/mol. The Hall–Kier alpha value is -2.44. The van der Waals surface area contributed by atoms with E-state index >= 15 is 0 Å². The van der Waals surface area contributed by atoms with Crippen LogP contribution in [-0.4, -0.2) is 32.3 Å². The van der Waals surface area contributed by atoms with Gasteiger partial charge < -0.3 is 4.74 Å². The molecule has 21 heavy (non-hydrogen) atoms. The van der Waals surface area contributed by atoms with Crippen molar-refractivity contribution in [2.24, 2.45) is 0 Å². The van der Waals surface area contributed by atoms with Gasteiger partial charge in [0.2, 0.25) is 5.95 Å². The second-order valence-electron chi connectivity index (χ2n) is 4.61. The van der Waals surface area contributed by atoms with E-state index in [1.165, 1.54) is 4.68 Å². The fraction of sp³-hybridized carbons (Fsp3) is 0.429. The Morgan fingerprint density at radius 2 is 2.10 bits per heavy atom. The van der Waals surface area contributed by atoms with Gasteiger partial charge in [0.1, 0.15) is 0 Å². The molecule has 0 aliphatic rings. The van der Waals surface area contributed by atoms with Gasteiger partial charge in [-0.1, -0.05) is 6.92 Å². The Balaban J connectivity index is 2.57. The van der Waals surface area contributed by atoms with Crippen molar-refractivity contribution in [2.45, 2.75) is 34.1 Å². The zero-order chi connectivity index (χ0) is 15.6. The predicted octanol–water partition coefficient (Wildman–Crippen LogP) is 1.31. The van der Waals surface area contributed by atoms with Crippen molar-refractivity contribution in [3.05, 3.63) is 39.1 Å². The second-order valence-corrected chi connectivity index (χ2v) is 4.61. The molecule has 1 N–H and O–H groups in total. The van der Waals surface area contributed by atoms with Gasteiger partial charge in [0, 0.05) is 11.3 Å². The summed E-state index contributed by atoms with van der Waals surface area (Å²) in [5, 5.41) is 4.21. The van der Waals surface area contributed by atoms with Crippen molar-refractivity contribution < 1.29 is 9.53 Å². The lowest BCUT2D eigenvalue weighted by molar-refractivity contribution is 0.0515. The number of aryl methyl sites for hydroxylation is 2. The lowest BCUT2D eigenvalue weighted by Gasteiger charge is -2.08. The summed E-state index contributed by atoms with van der Waals surface area (Å²) in [5.41, 5.74) is 1.90. The molecular formula is C14H18N4O3. The van der Waals surface area contributed by atoms with E-state index in [4.69, 9.17) is 4.74 Å². The predicted molar refractivity (Wildman–Crippen MR) is 76.8 cm³/mol. The first-order valence-corrected chi connectivity index (χ1v) is 6.81. The number of esters is 1. The average Bonchev–Trinajstić information content (AvgIpc) is 2.81.